The molecule has 0 atom stereocenters. The summed E-state index contributed by atoms with van der Waals surface area (Å²) in [6.45, 7) is 0. The lowest BCUT2D eigenvalue weighted by Crippen LogP contribution is -1.98. The SMILES string of the molecule is COc1cccc(CCc2cccc(Cl)c2)c1OC. The normalized spacial score (nSPS) is 10.3. The monoisotopic (exact) mass is 276 g/mol. The molecule has 0 radical (unpaired) electrons. The van der Waals surface area contributed by atoms with Crippen LogP contribution in [0.3, 0.4) is 0 Å². The number of hydrogen-bond acceptors (Lipinski definition) is 2. The van der Waals surface area contributed by atoms with Gasteiger partial charge in [0, 0.05) is 5.02 Å². The van der Waals surface area contributed by atoms with Gasteiger partial charge in [-0.1, -0.05) is 35.9 Å². The number of aryl methyl sites for hydroxylation is 2. The van der Waals surface area contributed by atoms with E-state index in [4.69, 9.17) is 21.1 Å². The third-order valence-corrected chi connectivity index (χ3v) is 3.29. The first kappa shape index (κ1) is 13.8. The van der Waals surface area contributed by atoms with Crippen LogP contribution < -0.4 is 9.47 Å². The van der Waals surface area contributed by atoms with Crippen LogP contribution in [0.25, 0.3) is 0 Å². The maximum absolute atomic E-state index is 5.99. The molecule has 2 aromatic carbocycles. The number of hydrogen-bond donors (Lipinski definition) is 0. The van der Waals surface area contributed by atoms with Crippen LogP contribution in [-0.2, 0) is 12.8 Å². The highest BCUT2D eigenvalue weighted by molar-refractivity contribution is 6.30. The molecule has 100 valence electrons. The molecule has 2 rings (SSSR count). The number of rotatable bonds is 5. The molecule has 0 unspecified atom stereocenters. The van der Waals surface area contributed by atoms with Gasteiger partial charge in [0.05, 0.1) is 14.2 Å². The molecule has 0 bridgehead atoms. The van der Waals surface area contributed by atoms with Gasteiger partial charge in [-0.05, 0) is 42.2 Å². The number of halogens is 1. The number of benzene rings is 2. The Morgan fingerprint density at radius 1 is 0.947 bits per heavy atom. The average molecular weight is 277 g/mol. The van der Waals surface area contributed by atoms with Gasteiger partial charge in [-0.25, -0.2) is 0 Å². The van der Waals surface area contributed by atoms with Gasteiger partial charge in [0.25, 0.3) is 0 Å². The lowest BCUT2D eigenvalue weighted by Gasteiger charge is -2.12. The summed E-state index contributed by atoms with van der Waals surface area (Å²) < 4.78 is 10.7. The van der Waals surface area contributed by atoms with Gasteiger partial charge in [-0.3, -0.25) is 0 Å². The molecule has 3 heteroatoms. The number of para-hydroxylation sites is 1. The highest BCUT2D eigenvalue weighted by Crippen LogP contribution is 2.31. The Labute approximate surface area is 118 Å². The van der Waals surface area contributed by atoms with Gasteiger partial charge >= 0.3 is 0 Å². The third-order valence-electron chi connectivity index (χ3n) is 3.06. The van der Waals surface area contributed by atoms with Crippen LogP contribution in [0.2, 0.25) is 5.02 Å². The van der Waals surface area contributed by atoms with Crippen molar-refractivity contribution >= 4 is 11.6 Å². The largest absolute Gasteiger partial charge is 0.493 e. The Hall–Kier alpha value is -1.67. The molecule has 0 aliphatic rings. The van der Waals surface area contributed by atoms with E-state index in [1.165, 1.54) is 5.56 Å². The Balaban J connectivity index is 2.15. The molecule has 2 nitrogen and oxygen atoms in total. The molecular formula is C16H17ClO2. The zero-order chi connectivity index (χ0) is 13.7. The zero-order valence-electron chi connectivity index (χ0n) is 11.2. The molecule has 0 N–H and O–H groups in total. The summed E-state index contributed by atoms with van der Waals surface area (Å²) in [5.41, 5.74) is 2.36. The molecule has 0 saturated heterocycles. The molecule has 0 heterocycles. The predicted octanol–water partition coefficient (Wildman–Crippen LogP) is 4.14. The molecular weight excluding hydrogens is 260 g/mol. The Bertz CT molecular complexity index is 552. The van der Waals surface area contributed by atoms with Crippen molar-refractivity contribution in [1.82, 2.24) is 0 Å². The summed E-state index contributed by atoms with van der Waals surface area (Å²) in [6, 6.07) is 13.9. The molecule has 19 heavy (non-hydrogen) atoms. The predicted molar refractivity (Wildman–Crippen MR) is 78.4 cm³/mol. The number of ether oxygens (including phenoxy) is 2. The van der Waals surface area contributed by atoms with Gasteiger partial charge in [0.15, 0.2) is 11.5 Å². The summed E-state index contributed by atoms with van der Waals surface area (Å²) >= 11 is 5.99. The van der Waals surface area contributed by atoms with Crippen LogP contribution in [0, 0.1) is 0 Å². The topological polar surface area (TPSA) is 18.5 Å². The number of methoxy groups -OCH3 is 2. The van der Waals surface area contributed by atoms with Crippen molar-refractivity contribution in [3.63, 3.8) is 0 Å². The fourth-order valence-corrected chi connectivity index (χ4v) is 2.33. The minimum atomic E-state index is 0.770. The Morgan fingerprint density at radius 2 is 1.74 bits per heavy atom. The van der Waals surface area contributed by atoms with E-state index in [0.717, 1.165) is 34.9 Å². The van der Waals surface area contributed by atoms with E-state index in [1.807, 2.05) is 30.3 Å². The quantitative estimate of drug-likeness (QED) is 0.817. The maximum atomic E-state index is 5.99. The van der Waals surface area contributed by atoms with Crippen LogP contribution >= 0.6 is 11.6 Å². The molecule has 0 aliphatic heterocycles. The Morgan fingerprint density at radius 3 is 2.42 bits per heavy atom. The van der Waals surface area contributed by atoms with E-state index in [2.05, 4.69) is 12.1 Å². The van der Waals surface area contributed by atoms with E-state index in [1.54, 1.807) is 14.2 Å². The van der Waals surface area contributed by atoms with E-state index in [9.17, 15) is 0 Å². The van der Waals surface area contributed by atoms with Crippen molar-refractivity contribution < 1.29 is 9.47 Å². The lowest BCUT2D eigenvalue weighted by molar-refractivity contribution is 0.351. The fraction of sp³-hybridized carbons (Fsp3) is 0.250. The van der Waals surface area contributed by atoms with Gasteiger partial charge in [0.1, 0.15) is 0 Å². The van der Waals surface area contributed by atoms with Crippen LogP contribution in [0.5, 0.6) is 11.5 Å². The van der Waals surface area contributed by atoms with E-state index in [0.29, 0.717) is 0 Å². The van der Waals surface area contributed by atoms with Crippen molar-refractivity contribution in [3.8, 4) is 11.5 Å². The van der Waals surface area contributed by atoms with Gasteiger partial charge in [-0.2, -0.15) is 0 Å². The minimum Gasteiger partial charge on any atom is -0.493 e. The van der Waals surface area contributed by atoms with Gasteiger partial charge < -0.3 is 9.47 Å². The highest BCUT2D eigenvalue weighted by Gasteiger charge is 2.09. The van der Waals surface area contributed by atoms with Crippen molar-refractivity contribution in [3.05, 3.63) is 58.6 Å². The summed E-state index contributed by atoms with van der Waals surface area (Å²) in [6.07, 6.45) is 1.81. The maximum Gasteiger partial charge on any atom is 0.163 e. The smallest absolute Gasteiger partial charge is 0.163 e. The summed E-state index contributed by atoms with van der Waals surface area (Å²) in [5, 5.41) is 0.773. The van der Waals surface area contributed by atoms with Gasteiger partial charge in [-0.15, -0.1) is 0 Å². The average Bonchev–Trinajstić information content (AvgIpc) is 2.44. The van der Waals surface area contributed by atoms with Gasteiger partial charge in [0.2, 0.25) is 0 Å². The van der Waals surface area contributed by atoms with E-state index < -0.39 is 0 Å². The third kappa shape index (κ3) is 3.42. The minimum absolute atomic E-state index is 0.770. The van der Waals surface area contributed by atoms with Crippen LogP contribution in [-0.4, -0.2) is 14.2 Å². The highest BCUT2D eigenvalue weighted by atomic mass is 35.5. The first-order valence-electron chi connectivity index (χ1n) is 6.19. The lowest BCUT2D eigenvalue weighted by atomic mass is 10.0. The van der Waals surface area contributed by atoms with Crippen LogP contribution in [0.1, 0.15) is 11.1 Å². The summed E-state index contributed by atoms with van der Waals surface area (Å²) in [5.74, 6) is 1.58. The summed E-state index contributed by atoms with van der Waals surface area (Å²) in [4.78, 5) is 0. The molecule has 0 aromatic heterocycles. The van der Waals surface area contributed by atoms with Crippen molar-refractivity contribution in [2.24, 2.45) is 0 Å². The second-order valence-electron chi connectivity index (χ2n) is 4.28. The second kappa shape index (κ2) is 6.48. The van der Waals surface area contributed by atoms with Crippen LogP contribution in [0.15, 0.2) is 42.5 Å². The summed E-state index contributed by atoms with van der Waals surface area (Å²) in [7, 11) is 3.32. The van der Waals surface area contributed by atoms with Crippen molar-refractivity contribution in [1.29, 1.82) is 0 Å². The Kier molecular flexibility index (Phi) is 4.69. The molecule has 0 saturated carbocycles. The van der Waals surface area contributed by atoms with Crippen molar-refractivity contribution in [2.75, 3.05) is 14.2 Å². The van der Waals surface area contributed by atoms with E-state index >= 15 is 0 Å². The fourth-order valence-electron chi connectivity index (χ4n) is 2.12. The molecule has 0 amide bonds. The molecule has 2 aromatic rings. The molecule has 0 aliphatic carbocycles. The molecule has 0 spiro atoms. The first-order valence-corrected chi connectivity index (χ1v) is 6.56. The van der Waals surface area contributed by atoms with Crippen molar-refractivity contribution in [2.45, 2.75) is 12.8 Å². The van der Waals surface area contributed by atoms with E-state index in [-0.39, 0.29) is 0 Å². The standard InChI is InChI=1S/C16H17ClO2/c1-18-15-8-4-6-13(16(15)19-2)10-9-12-5-3-7-14(17)11-12/h3-8,11H,9-10H2,1-2H3. The van der Waals surface area contributed by atoms with Crippen LogP contribution in [0.4, 0.5) is 0 Å². The second-order valence-corrected chi connectivity index (χ2v) is 4.72. The zero-order valence-corrected chi connectivity index (χ0v) is 11.9. The molecule has 0 fully saturated rings. The first-order chi connectivity index (χ1) is 9.24.